The fourth-order valence-corrected chi connectivity index (χ4v) is 2.62. The van der Waals surface area contributed by atoms with Gasteiger partial charge in [-0.25, -0.2) is 0 Å². The van der Waals surface area contributed by atoms with E-state index in [9.17, 15) is 14.7 Å². The van der Waals surface area contributed by atoms with Crippen molar-refractivity contribution in [1.29, 1.82) is 0 Å². The Kier molecular flexibility index (Phi) is 5.11. The number of hydrogen-bond acceptors (Lipinski definition) is 3. The molecule has 0 fully saturated rings. The van der Waals surface area contributed by atoms with Crippen LogP contribution in [0.25, 0.3) is 10.9 Å². The third-order valence-corrected chi connectivity index (χ3v) is 3.90. The van der Waals surface area contributed by atoms with Crippen LogP contribution in [0.3, 0.4) is 0 Å². The predicted octanol–water partition coefficient (Wildman–Crippen LogP) is 1.83. The number of benzene rings is 2. The summed E-state index contributed by atoms with van der Waals surface area (Å²) < 4.78 is 0. The average Bonchev–Trinajstić information content (AvgIpc) is 3.09. The number of aromatic nitrogens is 1. The number of aliphatic hydroxyl groups excluding tert-OH is 1. The van der Waals surface area contributed by atoms with Crippen LogP contribution in [0.2, 0.25) is 0 Å². The van der Waals surface area contributed by atoms with Crippen LogP contribution in [-0.2, 0) is 16.0 Å². The Morgan fingerprint density at radius 1 is 1.04 bits per heavy atom. The van der Waals surface area contributed by atoms with Crippen molar-refractivity contribution in [3.05, 3.63) is 66.4 Å². The molecule has 3 aromatic rings. The molecule has 1 heterocycles. The van der Waals surface area contributed by atoms with Gasteiger partial charge in [0, 0.05) is 17.4 Å². The standard InChI is InChI=1S/C19H19N3O3/c23-12-16(10-13-4-2-1-3-5-13)22-19(25)18(24)21-15-7-6-14-8-9-20-17(14)11-15/h1-9,11,16,20,23H,10,12H2,(H,21,24)(H,22,25). The zero-order valence-corrected chi connectivity index (χ0v) is 13.5. The summed E-state index contributed by atoms with van der Waals surface area (Å²) >= 11 is 0. The lowest BCUT2D eigenvalue weighted by Crippen LogP contribution is -2.44. The number of aromatic amines is 1. The largest absolute Gasteiger partial charge is 0.394 e. The van der Waals surface area contributed by atoms with Gasteiger partial charge in [-0.05, 0) is 35.6 Å². The first-order valence-corrected chi connectivity index (χ1v) is 7.99. The zero-order valence-electron chi connectivity index (χ0n) is 13.5. The van der Waals surface area contributed by atoms with E-state index in [2.05, 4.69) is 15.6 Å². The molecule has 2 amide bonds. The average molecular weight is 337 g/mol. The van der Waals surface area contributed by atoms with Crippen molar-refractivity contribution in [2.24, 2.45) is 0 Å². The zero-order chi connectivity index (χ0) is 17.6. The third-order valence-electron chi connectivity index (χ3n) is 3.90. The molecule has 4 N–H and O–H groups in total. The number of carbonyl (C=O) groups is 2. The minimum atomic E-state index is -0.776. The lowest BCUT2D eigenvalue weighted by molar-refractivity contribution is -0.136. The van der Waals surface area contributed by atoms with Crippen LogP contribution in [0.5, 0.6) is 0 Å². The summed E-state index contributed by atoms with van der Waals surface area (Å²) in [5, 5.41) is 15.6. The normalized spacial score (nSPS) is 11.9. The van der Waals surface area contributed by atoms with E-state index in [-0.39, 0.29) is 6.61 Å². The second-order valence-corrected chi connectivity index (χ2v) is 5.78. The summed E-state index contributed by atoms with van der Waals surface area (Å²) in [5.41, 5.74) is 2.37. The van der Waals surface area contributed by atoms with Gasteiger partial charge in [0.05, 0.1) is 12.6 Å². The Bertz CT molecular complexity index is 874. The highest BCUT2D eigenvalue weighted by atomic mass is 16.3. The van der Waals surface area contributed by atoms with E-state index in [1.165, 1.54) is 0 Å². The van der Waals surface area contributed by atoms with E-state index in [0.717, 1.165) is 16.5 Å². The molecule has 1 atom stereocenters. The minimum absolute atomic E-state index is 0.248. The number of hydrogen-bond donors (Lipinski definition) is 4. The van der Waals surface area contributed by atoms with Crippen molar-refractivity contribution in [1.82, 2.24) is 10.3 Å². The molecule has 25 heavy (non-hydrogen) atoms. The minimum Gasteiger partial charge on any atom is -0.394 e. The Morgan fingerprint density at radius 3 is 2.60 bits per heavy atom. The van der Waals surface area contributed by atoms with Crippen molar-refractivity contribution in [3.8, 4) is 0 Å². The summed E-state index contributed by atoms with van der Waals surface area (Å²) in [6.45, 7) is -0.248. The Morgan fingerprint density at radius 2 is 1.84 bits per heavy atom. The van der Waals surface area contributed by atoms with Crippen LogP contribution in [0, 0.1) is 0 Å². The lowest BCUT2D eigenvalue weighted by Gasteiger charge is -2.16. The van der Waals surface area contributed by atoms with Gasteiger partial charge in [0.25, 0.3) is 0 Å². The van der Waals surface area contributed by atoms with Crippen LogP contribution in [0.4, 0.5) is 5.69 Å². The van der Waals surface area contributed by atoms with E-state index >= 15 is 0 Å². The predicted molar refractivity (Wildman–Crippen MR) is 96.1 cm³/mol. The fraction of sp³-hybridized carbons (Fsp3) is 0.158. The molecule has 1 unspecified atom stereocenters. The van der Waals surface area contributed by atoms with Gasteiger partial charge in [-0.1, -0.05) is 36.4 Å². The van der Waals surface area contributed by atoms with Crippen molar-refractivity contribution >= 4 is 28.4 Å². The van der Waals surface area contributed by atoms with Crippen LogP contribution in [-0.4, -0.2) is 34.6 Å². The Hall–Kier alpha value is -3.12. The maximum Gasteiger partial charge on any atom is 0.313 e. The van der Waals surface area contributed by atoms with Crippen molar-refractivity contribution in [3.63, 3.8) is 0 Å². The van der Waals surface area contributed by atoms with Crippen LogP contribution >= 0.6 is 0 Å². The van der Waals surface area contributed by atoms with E-state index in [4.69, 9.17) is 0 Å². The molecular formula is C19H19N3O3. The smallest absolute Gasteiger partial charge is 0.313 e. The molecular weight excluding hydrogens is 318 g/mol. The monoisotopic (exact) mass is 337 g/mol. The fourth-order valence-electron chi connectivity index (χ4n) is 2.62. The summed E-state index contributed by atoms with van der Waals surface area (Å²) in [5.74, 6) is -1.54. The maximum absolute atomic E-state index is 12.1. The van der Waals surface area contributed by atoms with Crippen molar-refractivity contribution in [2.45, 2.75) is 12.5 Å². The van der Waals surface area contributed by atoms with Gasteiger partial charge in [0.1, 0.15) is 0 Å². The second-order valence-electron chi connectivity index (χ2n) is 5.78. The summed E-state index contributed by atoms with van der Waals surface area (Å²) in [7, 11) is 0. The molecule has 0 radical (unpaired) electrons. The summed E-state index contributed by atoms with van der Waals surface area (Å²) in [4.78, 5) is 27.2. The molecule has 0 spiro atoms. The van der Waals surface area contributed by atoms with Gasteiger partial charge in [0.2, 0.25) is 0 Å². The molecule has 0 aliphatic rings. The van der Waals surface area contributed by atoms with E-state index in [1.54, 1.807) is 18.3 Å². The molecule has 3 rings (SSSR count). The quantitative estimate of drug-likeness (QED) is 0.535. The highest BCUT2D eigenvalue weighted by Gasteiger charge is 2.18. The van der Waals surface area contributed by atoms with Gasteiger partial charge in [-0.3, -0.25) is 9.59 Å². The number of anilines is 1. The SMILES string of the molecule is O=C(Nc1ccc2cc[nH]c2c1)C(=O)NC(CO)Cc1ccccc1. The lowest BCUT2D eigenvalue weighted by atomic mass is 10.1. The number of fused-ring (bicyclic) bond motifs is 1. The molecule has 1 aromatic heterocycles. The van der Waals surface area contributed by atoms with Crippen molar-refractivity contribution < 1.29 is 14.7 Å². The Labute approximate surface area is 144 Å². The molecule has 0 bridgehead atoms. The van der Waals surface area contributed by atoms with Crippen molar-refractivity contribution in [2.75, 3.05) is 11.9 Å². The first-order chi connectivity index (χ1) is 12.2. The van der Waals surface area contributed by atoms with Crippen LogP contribution in [0.15, 0.2) is 60.8 Å². The summed E-state index contributed by atoms with van der Waals surface area (Å²) in [6, 6.07) is 16.2. The van der Waals surface area contributed by atoms with Crippen LogP contribution in [0.1, 0.15) is 5.56 Å². The maximum atomic E-state index is 12.1. The first kappa shape index (κ1) is 16.7. The first-order valence-electron chi connectivity index (χ1n) is 7.99. The van der Waals surface area contributed by atoms with Gasteiger partial charge in [-0.15, -0.1) is 0 Å². The van der Waals surface area contributed by atoms with E-state index < -0.39 is 17.9 Å². The number of H-pyrrole nitrogens is 1. The highest BCUT2D eigenvalue weighted by molar-refractivity contribution is 6.39. The number of nitrogens with one attached hydrogen (secondary N) is 3. The molecule has 6 heteroatoms. The van der Waals surface area contributed by atoms with Gasteiger partial charge in [0.15, 0.2) is 0 Å². The molecule has 0 saturated heterocycles. The number of aliphatic hydroxyl groups is 1. The number of amides is 2. The molecule has 0 aliphatic carbocycles. The molecule has 2 aromatic carbocycles. The third kappa shape index (κ3) is 4.24. The topological polar surface area (TPSA) is 94.2 Å². The Balaban J connectivity index is 1.60. The molecule has 6 nitrogen and oxygen atoms in total. The molecule has 0 saturated carbocycles. The van der Waals surface area contributed by atoms with Gasteiger partial charge < -0.3 is 20.7 Å². The summed E-state index contributed by atoms with van der Waals surface area (Å²) in [6.07, 6.45) is 2.25. The second kappa shape index (κ2) is 7.63. The van der Waals surface area contributed by atoms with Gasteiger partial charge >= 0.3 is 11.8 Å². The van der Waals surface area contributed by atoms with Crippen LogP contribution < -0.4 is 10.6 Å². The highest BCUT2D eigenvalue weighted by Crippen LogP contribution is 2.17. The van der Waals surface area contributed by atoms with E-state index in [0.29, 0.717) is 12.1 Å². The molecule has 0 aliphatic heterocycles. The van der Waals surface area contributed by atoms with E-state index in [1.807, 2.05) is 42.5 Å². The number of carbonyl (C=O) groups excluding carboxylic acids is 2. The number of rotatable bonds is 5. The van der Waals surface area contributed by atoms with Gasteiger partial charge in [-0.2, -0.15) is 0 Å². The molecule has 128 valence electrons.